The number of hydrogen-bond donors (Lipinski definition) is 2. The lowest BCUT2D eigenvalue weighted by Gasteiger charge is -2.08. The molecule has 0 bridgehead atoms. The van der Waals surface area contributed by atoms with Crippen LogP contribution >= 0.6 is 0 Å². The number of carboxylic acid groups (broad SMARTS) is 1. The zero-order valence-corrected chi connectivity index (χ0v) is 8.45. The van der Waals surface area contributed by atoms with Crippen LogP contribution < -0.4 is 0 Å². The molecule has 0 saturated heterocycles. The van der Waals surface area contributed by atoms with Crippen LogP contribution in [0.25, 0.3) is 10.4 Å². The number of azide groups is 1. The van der Waals surface area contributed by atoms with Crippen molar-refractivity contribution in [3.05, 3.63) is 40.3 Å². The van der Waals surface area contributed by atoms with Crippen molar-refractivity contribution in [2.75, 3.05) is 0 Å². The van der Waals surface area contributed by atoms with Crippen molar-refractivity contribution in [2.45, 2.75) is 18.9 Å². The van der Waals surface area contributed by atoms with Crippen LogP contribution in [0.3, 0.4) is 0 Å². The molecule has 0 amide bonds. The molecule has 16 heavy (non-hydrogen) atoms. The molecule has 0 aromatic heterocycles. The lowest BCUT2D eigenvalue weighted by Crippen LogP contribution is -2.13. The zero-order chi connectivity index (χ0) is 12.0. The summed E-state index contributed by atoms with van der Waals surface area (Å²) in [5.41, 5.74) is 9.11. The number of hydrogen-bond acceptors (Lipinski definition) is 3. The van der Waals surface area contributed by atoms with Crippen LogP contribution in [0.5, 0.6) is 5.75 Å². The molecule has 1 aromatic carbocycles. The average Bonchev–Trinajstić information content (AvgIpc) is 2.21. The first-order valence-electron chi connectivity index (χ1n) is 4.65. The molecule has 0 radical (unpaired) electrons. The van der Waals surface area contributed by atoms with Gasteiger partial charge in [0.05, 0.1) is 12.5 Å². The van der Waals surface area contributed by atoms with Gasteiger partial charge in [0.2, 0.25) is 0 Å². The SMILES string of the molecule is [N-]=[N+]=N[C@H](CC(=O)O)Cc1ccc(O)cc1. The molecule has 0 saturated carbocycles. The molecule has 0 heterocycles. The van der Waals surface area contributed by atoms with Gasteiger partial charge in [-0.25, -0.2) is 0 Å². The quantitative estimate of drug-likeness (QED) is 0.451. The van der Waals surface area contributed by atoms with E-state index in [1.54, 1.807) is 12.1 Å². The predicted octanol–water partition coefficient (Wildman–Crippen LogP) is 2.09. The molecule has 0 aliphatic carbocycles. The molecule has 2 N–H and O–H groups in total. The maximum absolute atomic E-state index is 10.5. The highest BCUT2D eigenvalue weighted by molar-refractivity contribution is 5.67. The minimum absolute atomic E-state index is 0.141. The number of carboxylic acids is 1. The second kappa shape index (κ2) is 5.63. The predicted molar refractivity (Wildman–Crippen MR) is 57.0 cm³/mol. The van der Waals surface area contributed by atoms with E-state index >= 15 is 0 Å². The molecule has 0 aliphatic heterocycles. The minimum atomic E-state index is -1.00. The summed E-state index contributed by atoms with van der Waals surface area (Å²) in [5, 5.41) is 21.1. The Labute approximate surface area is 91.8 Å². The van der Waals surface area contributed by atoms with E-state index in [0.717, 1.165) is 5.56 Å². The lowest BCUT2D eigenvalue weighted by molar-refractivity contribution is -0.137. The second-order valence-electron chi connectivity index (χ2n) is 3.33. The Morgan fingerprint density at radius 1 is 1.44 bits per heavy atom. The fourth-order valence-corrected chi connectivity index (χ4v) is 1.33. The maximum Gasteiger partial charge on any atom is 0.303 e. The summed E-state index contributed by atoms with van der Waals surface area (Å²) in [7, 11) is 0. The Bertz CT molecular complexity index is 410. The summed E-state index contributed by atoms with van der Waals surface area (Å²) in [5.74, 6) is -0.863. The summed E-state index contributed by atoms with van der Waals surface area (Å²) >= 11 is 0. The lowest BCUT2D eigenvalue weighted by atomic mass is 10.0. The summed E-state index contributed by atoms with van der Waals surface area (Å²) in [4.78, 5) is 13.1. The van der Waals surface area contributed by atoms with Gasteiger partial charge in [-0.1, -0.05) is 17.2 Å². The number of aliphatic carboxylic acids is 1. The average molecular weight is 221 g/mol. The van der Waals surface area contributed by atoms with Gasteiger partial charge in [-0.2, -0.15) is 0 Å². The van der Waals surface area contributed by atoms with Gasteiger partial charge in [-0.15, -0.1) is 0 Å². The third-order valence-electron chi connectivity index (χ3n) is 2.03. The van der Waals surface area contributed by atoms with Crippen molar-refractivity contribution in [1.29, 1.82) is 0 Å². The summed E-state index contributed by atoms with van der Waals surface area (Å²) in [6, 6.07) is 5.73. The van der Waals surface area contributed by atoms with Gasteiger partial charge in [0, 0.05) is 4.91 Å². The van der Waals surface area contributed by atoms with Crippen LogP contribution in [0.2, 0.25) is 0 Å². The molecular formula is C10H11N3O3. The zero-order valence-electron chi connectivity index (χ0n) is 8.45. The van der Waals surface area contributed by atoms with Gasteiger partial charge >= 0.3 is 5.97 Å². The Morgan fingerprint density at radius 3 is 2.56 bits per heavy atom. The fraction of sp³-hybridized carbons (Fsp3) is 0.300. The van der Waals surface area contributed by atoms with Crippen LogP contribution in [0.1, 0.15) is 12.0 Å². The van der Waals surface area contributed by atoms with E-state index in [0.29, 0.717) is 6.42 Å². The molecule has 0 fully saturated rings. The highest BCUT2D eigenvalue weighted by atomic mass is 16.4. The Morgan fingerprint density at radius 2 is 2.06 bits per heavy atom. The summed E-state index contributed by atoms with van der Waals surface area (Å²) in [6.45, 7) is 0. The van der Waals surface area contributed by atoms with Gasteiger partial charge in [-0.05, 0) is 29.6 Å². The first kappa shape index (κ1) is 11.9. The standard InChI is InChI=1S/C10H11N3O3/c11-13-12-8(6-10(15)16)5-7-1-3-9(14)4-2-7/h1-4,8,14H,5-6H2,(H,15,16)/t8-/m0/s1. The van der Waals surface area contributed by atoms with Crippen molar-refractivity contribution in [3.63, 3.8) is 0 Å². The van der Waals surface area contributed by atoms with Crippen LogP contribution in [0.4, 0.5) is 0 Å². The van der Waals surface area contributed by atoms with E-state index in [4.69, 9.17) is 15.7 Å². The van der Waals surface area contributed by atoms with Crippen LogP contribution in [0, 0.1) is 0 Å². The molecule has 1 atom stereocenters. The second-order valence-corrected chi connectivity index (χ2v) is 3.33. The maximum atomic E-state index is 10.5. The smallest absolute Gasteiger partial charge is 0.303 e. The molecule has 84 valence electrons. The minimum Gasteiger partial charge on any atom is -0.508 e. The third kappa shape index (κ3) is 3.89. The highest BCUT2D eigenvalue weighted by Crippen LogP contribution is 2.14. The van der Waals surface area contributed by atoms with Crippen molar-refractivity contribution in [1.82, 2.24) is 0 Å². The normalized spacial score (nSPS) is 11.5. The molecule has 6 nitrogen and oxygen atoms in total. The van der Waals surface area contributed by atoms with E-state index < -0.39 is 12.0 Å². The van der Waals surface area contributed by atoms with E-state index in [-0.39, 0.29) is 12.2 Å². The van der Waals surface area contributed by atoms with E-state index in [9.17, 15) is 4.79 Å². The van der Waals surface area contributed by atoms with Gasteiger partial charge in [-0.3, -0.25) is 4.79 Å². The molecule has 6 heteroatoms. The first-order chi connectivity index (χ1) is 7.61. The number of nitrogens with zero attached hydrogens (tertiary/aromatic N) is 3. The number of rotatable bonds is 5. The van der Waals surface area contributed by atoms with E-state index in [2.05, 4.69) is 10.0 Å². The number of phenols is 1. The molecule has 1 aromatic rings. The molecule has 1 rings (SSSR count). The third-order valence-corrected chi connectivity index (χ3v) is 2.03. The molecular weight excluding hydrogens is 210 g/mol. The van der Waals surface area contributed by atoms with Gasteiger partial charge in [0.15, 0.2) is 0 Å². The van der Waals surface area contributed by atoms with E-state index in [1.807, 2.05) is 0 Å². The number of benzene rings is 1. The number of carbonyl (C=O) groups is 1. The largest absolute Gasteiger partial charge is 0.508 e. The Kier molecular flexibility index (Phi) is 4.17. The van der Waals surface area contributed by atoms with Gasteiger partial charge < -0.3 is 10.2 Å². The van der Waals surface area contributed by atoms with Gasteiger partial charge in [0.1, 0.15) is 5.75 Å². The van der Waals surface area contributed by atoms with Crippen molar-refractivity contribution in [3.8, 4) is 5.75 Å². The Hall–Kier alpha value is -2.20. The number of phenolic OH excluding ortho intramolecular Hbond substituents is 1. The number of aromatic hydroxyl groups is 1. The van der Waals surface area contributed by atoms with Crippen LogP contribution in [0.15, 0.2) is 29.4 Å². The first-order valence-corrected chi connectivity index (χ1v) is 4.65. The highest BCUT2D eigenvalue weighted by Gasteiger charge is 2.12. The van der Waals surface area contributed by atoms with E-state index in [1.165, 1.54) is 12.1 Å². The molecule has 0 spiro atoms. The van der Waals surface area contributed by atoms with Crippen molar-refractivity contribution >= 4 is 5.97 Å². The Balaban J connectivity index is 2.71. The fourth-order valence-electron chi connectivity index (χ4n) is 1.33. The van der Waals surface area contributed by atoms with Crippen LogP contribution in [-0.2, 0) is 11.2 Å². The molecule has 0 unspecified atom stereocenters. The topological polar surface area (TPSA) is 106 Å². The van der Waals surface area contributed by atoms with Crippen molar-refractivity contribution in [2.24, 2.45) is 5.11 Å². The molecule has 0 aliphatic rings. The van der Waals surface area contributed by atoms with Crippen LogP contribution in [-0.4, -0.2) is 22.2 Å². The summed E-state index contributed by atoms with van der Waals surface area (Å²) in [6.07, 6.45) is 0.140. The van der Waals surface area contributed by atoms with Crippen molar-refractivity contribution < 1.29 is 15.0 Å². The monoisotopic (exact) mass is 221 g/mol. The summed E-state index contributed by atoms with van der Waals surface area (Å²) < 4.78 is 0. The van der Waals surface area contributed by atoms with Gasteiger partial charge in [0.25, 0.3) is 0 Å².